The van der Waals surface area contributed by atoms with Gasteiger partial charge in [-0.15, -0.1) is 0 Å². The normalized spacial score (nSPS) is 11.2. The van der Waals surface area contributed by atoms with Crippen LogP contribution in [0.3, 0.4) is 0 Å². The van der Waals surface area contributed by atoms with Gasteiger partial charge in [0.1, 0.15) is 5.75 Å². The molecule has 2 aromatic carbocycles. The molecule has 0 atom stereocenters. The summed E-state index contributed by atoms with van der Waals surface area (Å²) < 4.78 is 5.40. The quantitative estimate of drug-likeness (QED) is 0.164. The summed E-state index contributed by atoms with van der Waals surface area (Å²) >= 11 is 0. The molecule has 0 heterocycles. The summed E-state index contributed by atoms with van der Waals surface area (Å²) in [5.41, 5.74) is 2.22. The van der Waals surface area contributed by atoms with E-state index in [9.17, 15) is 9.90 Å². The number of aromatic hydroxyl groups is 1. The smallest absolute Gasteiger partial charge is 0.338 e. The van der Waals surface area contributed by atoms with Crippen LogP contribution in [0.15, 0.2) is 53.5 Å². The lowest BCUT2D eigenvalue weighted by Gasteiger charge is -2.06. The van der Waals surface area contributed by atoms with Crippen molar-refractivity contribution in [3.05, 3.63) is 59.7 Å². The topological polar surface area (TPSA) is 58.9 Å². The predicted octanol–water partition coefficient (Wildman–Crippen LogP) is 8.00. The molecule has 0 saturated heterocycles. The molecule has 0 bridgehead atoms. The van der Waals surface area contributed by atoms with Crippen molar-refractivity contribution in [3.8, 4) is 5.75 Å². The molecule has 4 heteroatoms. The number of nitrogens with zero attached hydrogens (tertiary/aromatic N) is 1. The van der Waals surface area contributed by atoms with Crippen LogP contribution in [0.25, 0.3) is 0 Å². The maximum Gasteiger partial charge on any atom is 0.338 e. The van der Waals surface area contributed by atoms with Gasteiger partial charge in [-0.05, 0) is 48.4 Å². The first-order chi connectivity index (χ1) is 15.7. The zero-order valence-corrected chi connectivity index (χ0v) is 19.6. The van der Waals surface area contributed by atoms with Gasteiger partial charge in [-0.1, -0.05) is 89.7 Å². The maximum atomic E-state index is 12.2. The summed E-state index contributed by atoms with van der Waals surface area (Å²) in [6.07, 6.45) is 17.2. The Hall–Kier alpha value is -2.62. The second-order valence-corrected chi connectivity index (χ2v) is 8.42. The van der Waals surface area contributed by atoms with Crippen LogP contribution < -0.4 is 0 Å². The molecular formula is C28H39NO3. The SMILES string of the molecule is CCCCCCCCCCCCCCOC(=O)c1ccc(C=Nc2ccc(O)cc2)cc1. The number of esters is 1. The molecule has 0 aliphatic carbocycles. The molecule has 0 unspecified atom stereocenters. The molecule has 32 heavy (non-hydrogen) atoms. The number of unbranched alkanes of at least 4 members (excludes halogenated alkanes) is 11. The number of hydrogen-bond donors (Lipinski definition) is 1. The average molecular weight is 438 g/mol. The molecule has 0 spiro atoms. The van der Waals surface area contributed by atoms with E-state index in [0.717, 1.165) is 24.1 Å². The predicted molar refractivity (Wildman–Crippen MR) is 133 cm³/mol. The van der Waals surface area contributed by atoms with Gasteiger partial charge in [-0.3, -0.25) is 4.99 Å². The number of benzene rings is 2. The van der Waals surface area contributed by atoms with Gasteiger partial charge < -0.3 is 9.84 Å². The van der Waals surface area contributed by atoms with E-state index in [1.165, 1.54) is 64.2 Å². The first-order valence-corrected chi connectivity index (χ1v) is 12.3. The van der Waals surface area contributed by atoms with Gasteiger partial charge in [0.2, 0.25) is 0 Å². The molecule has 0 saturated carbocycles. The highest BCUT2D eigenvalue weighted by Crippen LogP contribution is 2.17. The van der Waals surface area contributed by atoms with Gasteiger partial charge in [0, 0.05) is 6.21 Å². The lowest BCUT2D eigenvalue weighted by molar-refractivity contribution is 0.0497. The highest BCUT2D eigenvalue weighted by Gasteiger charge is 2.06. The summed E-state index contributed by atoms with van der Waals surface area (Å²) in [6, 6.07) is 13.9. The van der Waals surface area contributed by atoms with Gasteiger partial charge in [0.05, 0.1) is 17.9 Å². The van der Waals surface area contributed by atoms with Crippen molar-refractivity contribution in [2.45, 2.75) is 84.0 Å². The van der Waals surface area contributed by atoms with Crippen LogP contribution in [0.4, 0.5) is 5.69 Å². The van der Waals surface area contributed by atoms with Crippen molar-refractivity contribution in [2.24, 2.45) is 4.99 Å². The number of carbonyl (C=O) groups excluding carboxylic acids is 1. The summed E-state index contributed by atoms with van der Waals surface area (Å²) in [4.78, 5) is 16.5. The fraction of sp³-hybridized carbons (Fsp3) is 0.500. The van der Waals surface area contributed by atoms with Crippen LogP contribution in [-0.4, -0.2) is 23.9 Å². The summed E-state index contributed by atoms with van der Waals surface area (Å²) in [7, 11) is 0. The molecule has 4 nitrogen and oxygen atoms in total. The Morgan fingerprint density at radius 1 is 0.781 bits per heavy atom. The van der Waals surface area contributed by atoms with E-state index in [4.69, 9.17) is 4.74 Å². The van der Waals surface area contributed by atoms with Crippen LogP contribution >= 0.6 is 0 Å². The summed E-state index contributed by atoms with van der Waals surface area (Å²) in [5, 5.41) is 9.30. The standard InChI is InChI=1S/C28H39NO3/c1-2-3-4-5-6-7-8-9-10-11-12-13-22-32-28(31)25-16-14-24(15-17-25)23-29-26-18-20-27(30)21-19-26/h14-21,23,30H,2-13,22H2,1H3. The Balaban J connectivity index is 1.52. The van der Waals surface area contributed by atoms with E-state index in [1.54, 1.807) is 42.6 Å². The zero-order valence-electron chi connectivity index (χ0n) is 19.6. The molecular weight excluding hydrogens is 398 g/mol. The van der Waals surface area contributed by atoms with Crippen LogP contribution in [0.1, 0.15) is 99.9 Å². The minimum absolute atomic E-state index is 0.218. The van der Waals surface area contributed by atoms with Gasteiger partial charge in [-0.25, -0.2) is 4.79 Å². The molecule has 0 aliphatic rings. The maximum absolute atomic E-state index is 12.2. The van der Waals surface area contributed by atoms with Gasteiger partial charge in [-0.2, -0.15) is 0 Å². The van der Waals surface area contributed by atoms with Gasteiger partial charge in [0.25, 0.3) is 0 Å². The Morgan fingerprint density at radius 2 is 1.31 bits per heavy atom. The molecule has 174 valence electrons. The van der Waals surface area contributed by atoms with Crippen LogP contribution in [0, 0.1) is 0 Å². The van der Waals surface area contributed by atoms with Gasteiger partial charge in [0.15, 0.2) is 0 Å². The van der Waals surface area contributed by atoms with Crippen LogP contribution in [0.2, 0.25) is 0 Å². The number of hydrogen-bond acceptors (Lipinski definition) is 4. The summed E-state index contributed by atoms with van der Waals surface area (Å²) in [5.74, 6) is -0.0505. The number of carbonyl (C=O) groups is 1. The number of phenols is 1. The molecule has 2 rings (SSSR count). The average Bonchev–Trinajstić information content (AvgIpc) is 2.82. The third-order valence-electron chi connectivity index (χ3n) is 5.59. The fourth-order valence-electron chi connectivity index (χ4n) is 3.58. The van der Waals surface area contributed by atoms with E-state index in [0.29, 0.717) is 12.2 Å². The molecule has 0 aromatic heterocycles. The molecule has 0 radical (unpaired) electrons. The van der Waals surface area contributed by atoms with Crippen molar-refractivity contribution < 1.29 is 14.6 Å². The minimum Gasteiger partial charge on any atom is -0.508 e. The highest BCUT2D eigenvalue weighted by atomic mass is 16.5. The Morgan fingerprint density at radius 3 is 1.88 bits per heavy atom. The van der Waals surface area contributed by atoms with E-state index in [2.05, 4.69) is 11.9 Å². The zero-order chi connectivity index (χ0) is 22.9. The molecule has 0 amide bonds. The van der Waals surface area contributed by atoms with Crippen LogP contribution in [-0.2, 0) is 4.74 Å². The van der Waals surface area contributed by atoms with Gasteiger partial charge >= 0.3 is 5.97 Å². The third-order valence-corrected chi connectivity index (χ3v) is 5.59. The Bertz CT molecular complexity index is 781. The lowest BCUT2D eigenvalue weighted by atomic mass is 10.1. The van der Waals surface area contributed by atoms with Crippen molar-refractivity contribution in [3.63, 3.8) is 0 Å². The highest BCUT2D eigenvalue weighted by molar-refractivity contribution is 5.91. The lowest BCUT2D eigenvalue weighted by Crippen LogP contribution is -2.06. The van der Waals surface area contributed by atoms with Crippen LogP contribution in [0.5, 0.6) is 5.75 Å². The number of rotatable bonds is 16. The second kappa shape index (κ2) is 16.1. The monoisotopic (exact) mass is 437 g/mol. The number of phenolic OH excluding ortho intramolecular Hbond substituents is 1. The second-order valence-electron chi connectivity index (χ2n) is 8.42. The third kappa shape index (κ3) is 11.1. The van der Waals surface area contributed by atoms with E-state index < -0.39 is 0 Å². The van der Waals surface area contributed by atoms with E-state index in [1.807, 2.05) is 12.1 Å². The first kappa shape index (κ1) is 25.6. The molecule has 0 aliphatic heterocycles. The fourth-order valence-corrected chi connectivity index (χ4v) is 3.58. The molecule has 2 aromatic rings. The van der Waals surface area contributed by atoms with Crippen molar-refractivity contribution >= 4 is 17.9 Å². The van der Waals surface area contributed by atoms with Crippen molar-refractivity contribution in [2.75, 3.05) is 6.61 Å². The summed E-state index contributed by atoms with van der Waals surface area (Å²) in [6.45, 7) is 2.75. The Kier molecular flexibility index (Phi) is 12.9. The van der Waals surface area contributed by atoms with Crippen molar-refractivity contribution in [1.82, 2.24) is 0 Å². The van der Waals surface area contributed by atoms with E-state index >= 15 is 0 Å². The largest absolute Gasteiger partial charge is 0.508 e. The number of aliphatic imine (C=N–C) groups is 1. The van der Waals surface area contributed by atoms with Crippen molar-refractivity contribution in [1.29, 1.82) is 0 Å². The first-order valence-electron chi connectivity index (χ1n) is 12.3. The molecule has 1 N–H and O–H groups in total. The molecule has 0 fully saturated rings. The van der Waals surface area contributed by atoms with E-state index in [-0.39, 0.29) is 11.7 Å². The number of ether oxygens (including phenoxy) is 1. The Labute approximate surface area is 193 Å². The minimum atomic E-state index is -0.268.